The van der Waals surface area contributed by atoms with Crippen LogP contribution in [0, 0.1) is 12.7 Å². The van der Waals surface area contributed by atoms with Gasteiger partial charge in [0, 0.05) is 19.0 Å². The van der Waals surface area contributed by atoms with Gasteiger partial charge in [-0.05, 0) is 49.1 Å². The van der Waals surface area contributed by atoms with Crippen molar-refractivity contribution in [3.05, 3.63) is 59.4 Å². The van der Waals surface area contributed by atoms with Crippen molar-refractivity contribution in [1.82, 2.24) is 5.32 Å². The molecule has 0 spiro atoms. The van der Waals surface area contributed by atoms with Crippen LogP contribution in [0.4, 0.5) is 15.8 Å². The zero-order chi connectivity index (χ0) is 19.0. The van der Waals surface area contributed by atoms with E-state index in [9.17, 15) is 14.0 Å². The fourth-order valence-electron chi connectivity index (χ4n) is 3.92. The number of carbonyl (C=O) groups is 2. The van der Waals surface area contributed by atoms with Crippen LogP contribution < -0.4 is 15.5 Å². The third-order valence-electron chi connectivity index (χ3n) is 5.30. The molecule has 2 aromatic carbocycles. The predicted octanol–water partition coefficient (Wildman–Crippen LogP) is 2.78. The number of nitrogens with one attached hydrogen (secondary N) is 2. The Morgan fingerprint density at radius 1 is 1.30 bits per heavy atom. The minimum Gasteiger partial charge on any atom is -0.356 e. The van der Waals surface area contributed by atoms with Gasteiger partial charge in [-0.3, -0.25) is 9.59 Å². The number of benzene rings is 2. The number of halogens is 1. The van der Waals surface area contributed by atoms with E-state index >= 15 is 0 Å². The maximum absolute atomic E-state index is 13.3. The maximum Gasteiger partial charge on any atom is 0.247 e. The number of hydrogen-bond acceptors (Lipinski definition) is 3. The van der Waals surface area contributed by atoms with E-state index in [2.05, 4.69) is 15.5 Å². The number of fused-ring (bicyclic) bond motifs is 3. The third-order valence-corrected chi connectivity index (χ3v) is 5.30. The van der Waals surface area contributed by atoms with Crippen molar-refractivity contribution in [3.63, 3.8) is 0 Å². The molecule has 4 rings (SSSR count). The van der Waals surface area contributed by atoms with Gasteiger partial charge in [0.05, 0.1) is 11.4 Å². The topological polar surface area (TPSA) is 61.4 Å². The van der Waals surface area contributed by atoms with Crippen LogP contribution in [0.15, 0.2) is 42.5 Å². The number of amides is 2. The Labute approximate surface area is 157 Å². The molecule has 6 heteroatoms. The monoisotopic (exact) mass is 367 g/mol. The maximum atomic E-state index is 13.3. The highest BCUT2D eigenvalue weighted by molar-refractivity contribution is 6.04. The average Bonchev–Trinajstić information content (AvgIpc) is 3.07. The molecule has 140 valence electrons. The molecule has 1 fully saturated rings. The van der Waals surface area contributed by atoms with Gasteiger partial charge in [0.15, 0.2) is 0 Å². The number of carbonyl (C=O) groups excluding carboxylic acids is 2. The summed E-state index contributed by atoms with van der Waals surface area (Å²) in [5.41, 5.74) is 3.35. The van der Waals surface area contributed by atoms with Crippen molar-refractivity contribution in [2.45, 2.75) is 38.3 Å². The molecule has 1 saturated heterocycles. The fraction of sp³-hybridized carbons (Fsp3) is 0.333. The highest BCUT2D eigenvalue weighted by atomic mass is 19.1. The van der Waals surface area contributed by atoms with Crippen molar-refractivity contribution >= 4 is 23.2 Å². The highest BCUT2D eigenvalue weighted by Crippen LogP contribution is 2.36. The molecule has 0 bridgehead atoms. The number of nitrogens with zero attached hydrogens (tertiary/aromatic N) is 1. The van der Waals surface area contributed by atoms with Crippen LogP contribution in [0.25, 0.3) is 0 Å². The predicted molar refractivity (Wildman–Crippen MR) is 102 cm³/mol. The molecule has 5 nitrogen and oxygen atoms in total. The largest absolute Gasteiger partial charge is 0.356 e. The van der Waals surface area contributed by atoms with E-state index in [1.807, 2.05) is 24.3 Å². The van der Waals surface area contributed by atoms with Crippen molar-refractivity contribution < 1.29 is 14.0 Å². The second-order valence-electron chi connectivity index (χ2n) is 7.26. The summed E-state index contributed by atoms with van der Waals surface area (Å²) >= 11 is 0. The molecule has 2 atom stereocenters. The zero-order valence-corrected chi connectivity index (χ0v) is 15.2. The van der Waals surface area contributed by atoms with E-state index in [0.29, 0.717) is 31.4 Å². The number of hydrogen-bond donors (Lipinski definition) is 2. The van der Waals surface area contributed by atoms with Crippen LogP contribution in [0.1, 0.15) is 24.0 Å². The molecule has 0 aromatic heterocycles. The Hall–Kier alpha value is -2.89. The first kappa shape index (κ1) is 17.5. The molecule has 0 aliphatic carbocycles. The summed E-state index contributed by atoms with van der Waals surface area (Å²) in [7, 11) is 0. The minimum atomic E-state index is -0.245. The summed E-state index contributed by atoms with van der Waals surface area (Å²) in [4.78, 5) is 26.8. The normalized spacial score (nSPS) is 20.7. The van der Waals surface area contributed by atoms with Gasteiger partial charge in [0.25, 0.3) is 0 Å². The lowest BCUT2D eigenvalue weighted by Gasteiger charge is -2.32. The molecule has 2 aliphatic rings. The summed E-state index contributed by atoms with van der Waals surface area (Å²) in [6.07, 6.45) is 1.51. The molecule has 0 radical (unpaired) electrons. The van der Waals surface area contributed by atoms with Gasteiger partial charge in [0.1, 0.15) is 11.9 Å². The molecule has 27 heavy (non-hydrogen) atoms. The Kier molecular flexibility index (Phi) is 4.56. The van der Waals surface area contributed by atoms with Crippen LogP contribution in [0.5, 0.6) is 0 Å². The second-order valence-corrected chi connectivity index (χ2v) is 7.26. The molecule has 0 saturated carbocycles. The smallest absolute Gasteiger partial charge is 0.247 e. The summed E-state index contributed by atoms with van der Waals surface area (Å²) in [6.45, 7) is 2.34. The van der Waals surface area contributed by atoms with E-state index in [0.717, 1.165) is 16.9 Å². The molecule has 2 aromatic rings. The average molecular weight is 367 g/mol. The molecule has 2 N–H and O–H groups in total. The van der Waals surface area contributed by atoms with Crippen LogP contribution in [-0.4, -0.2) is 30.4 Å². The Bertz CT molecular complexity index is 899. The van der Waals surface area contributed by atoms with Crippen molar-refractivity contribution in [2.24, 2.45) is 0 Å². The molecule has 2 aliphatic heterocycles. The van der Waals surface area contributed by atoms with E-state index < -0.39 is 0 Å². The lowest BCUT2D eigenvalue weighted by molar-refractivity contribution is -0.122. The van der Waals surface area contributed by atoms with Gasteiger partial charge in [-0.1, -0.05) is 24.3 Å². The van der Waals surface area contributed by atoms with Crippen molar-refractivity contribution in [2.75, 3.05) is 16.8 Å². The standard InChI is InChI=1S/C21H22FN3O2/c1-13-10-14(6-8-16(13)22)7-9-20(26)23-15-11-19-21(27)24-17-4-2-3-5-18(17)25(19)12-15/h2-6,8,10,15,19H,7,9,11-12H2,1H3,(H,23,26)(H,24,27). The molecule has 2 unspecified atom stereocenters. The first-order valence-electron chi connectivity index (χ1n) is 9.22. The van der Waals surface area contributed by atoms with Crippen LogP contribution in [0.3, 0.4) is 0 Å². The summed E-state index contributed by atoms with van der Waals surface area (Å²) in [5.74, 6) is -0.299. The van der Waals surface area contributed by atoms with E-state index in [4.69, 9.17) is 0 Å². The summed E-state index contributed by atoms with van der Waals surface area (Å²) in [5, 5.41) is 5.99. The van der Waals surface area contributed by atoms with Crippen LogP contribution in [-0.2, 0) is 16.0 Å². The molecule has 2 heterocycles. The fourth-order valence-corrected chi connectivity index (χ4v) is 3.92. The van der Waals surface area contributed by atoms with Gasteiger partial charge >= 0.3 is 0 Å². The Morgan fingerprint density at radius 3 is 2.93 bits per heavy atom. The summed E-state index contributed by atoms with van der Waals surface area (Å²) in [6, 6.07) is 12.3. The quantitative estimate of drug-likeness (QED) is 0.874. The zero-order valence-electron chi connectivity index (χ0n) is 15.2. The van der Waals surface area contributed by atoms with Gasteiger partial charge in [-0.15, -0.1) is 0 Å². The minimum absolute atomic E-state index is 0.0211. The van der Waals surface area contributed by atoms with Gasteiger partial charge in [-0.2, -0.15) is 0 Å². The lowest BCUT2D eigenvalue weighted by atomic mass is 10.1. The Balaban J connectivity index is 1.36. The first-order chi connectivity index (χ1) is 13.0. The van der Waals surface area contributed by atoms with Crippen LogP contribution >= 0.6 is 0 Å². The first-order valence-corrected chi connectivity index (χ1v) is 9.22. The lowest BCUT2D eigenvalue weighted by Crippen LogP contribution is -2.44. The number of para-hydroxylation sites is 2. The highest BCUT2D eigenvalue weighted by Gasteiger charge is 2.41. The number of aryl methyl sites for hydroxylation is 2. The molecular weight excluding hydrogens is 345 g/mol. The second kappa shape index (κ2) is 7.02. The van der Waals surface area contributed by atoms with Crippen molar-refractivity contribution in [3.8, 4) is 0 Å². The number of anilines is 2. The van der Waals surface area contributed by atoms with E-state index in [-0.39, 0.29) is 29.7 Å². The number of rotatable bonds is 4. The third kappa shape index (κ3) is 3.52. The van der Waals surface area contributed by atoms with Gasteiger partial charge < -0.3 is 15.5 Å². The summed E-state index contributed by atoms with van der Waals surface area (Å²) < 4.78 is 13.3. The van der Waals surface area contributed by atoms with Crippen molar-refractivity contribution in [1.29, 1.82) is 0 Å². The van der Waals surface area contributed by atoms with E-state index in [1.165, 1.54) is 6.07 Å². The Morgan fingerprint density at radius 2 is 2.11 bits per heavy atom. The molecule has 2 amide bonds. The van der Waals surface area contributed by atoms with Gasteiger partial charge in [-0.25, -0.2) is 4.39 Å². The van der Waals surface area contributed by atoms with E-state index in [1.54, 1.807) is 19.1 Å². The SMILES string of the molecule is Cc1cc(CCC(=O)NC2CC3C(=O)Nc4ccccc4N3C2)ccc1F. The molecular formula is C21H22FN3O2. The van der Waals surface area contributed by atoms with Gasteiger partial charge in [0.2, 0.25) is 11.8 Å². The van der Waals surface area contributed by atoms with Crippen LogP contribution in [0.2, 0.25) is 0 Å².